The van der Waals surface area contributed by atoms with Crippen LogP contribution in [-0.4, -0.2) is 32.1 Å². The Balaban J connectivity index is 2.09. The monoisotopic (exact) mass is 286 g/mol. The van der Waals surface area contributed by atoms with E-state index in [2.05, 4.69) is 14.9 Å². The second-order valence-electron chi connectivity index (χ2n) is 3.79. The lowest BCUT2D eigenvalue weighted by Gasteiger charge is -2.01. The molecule has 0 unspecified atom stereocenters. The Morgan fingerprint density at radius 2 is 2.25 bits per heavy atom. The van der Waals surface area contributed by atoms with Gasteiger partial charge >= 0.3 is 12.6 Å². The van der Waals surface area contributed by atoms with Crippen LogP contribution in [0.1, 0.15) is 17.4 Å². The topological polar surface area (TPSA) is 71.2 Å². The Morgan fingerprint density at radius 1 is 1.50 bits per heavy atom. The summed E-state index contributed by atoms with van der Waals surface area (Å²) in [4.78, 5) is 11.8. The fourth-order valence-electron chi connectivity index (χ4n) is 1.48. The smallest absolute Gasteiger partial charge is 0.388 e. The van der Waals surface area contributed by atoms with Crippen molar-refractivity contribution in [1.82, 2.24) is 19.6 Å². The normalized spacial score (nSPS) is 10.8. The molecule has 0 atom stereocenters. The van der Waals surface area contributed by atoms with Crippen molar-refractivity contribution in [2.75, 3.05) is 0 Å². The highest BCUT2D eigenvalue weighted by molar-refractivity contribution is 5.89. The highest BCUT2D eigenvalue weighted by Crippen LogP contribution is 2.17. The van der Waals surface area contributed by atoms with E-state index in [1.54, 1.807) is 4.68 Å². The van der Waals surface area contributed by atoms with E-state index in [0.717, 1.165) is 10.7 Å². The summed E-state index contributed by atoms with van der Waals surface area (Å²) < 4.78 is 36.0. The van der Waals surface area contributed by atoms with E-state index in [0.29, 0.717) is 6.54 Å². The molecule has 0 radical (unpaired) electrons. The molecule has 0 N–H and O–H groups in total. The molecule has 0 amide bonds. The van der Waals surface area contributed by atoms with E-state index >= 15 is 0 Å². The van der Waals surface area contributed by atoms with E-state index in [4.69, 9.17) is 4.74 Å². The van der Waals surface area contributed by atoms with Crippen LogP contribution in [-0.2, 0) is 13.6 Å². The van der Waals surface area contributed by atoms with Crippen LogP contribution in [0.2, 0.25) is 0 Å². The fourth-order valence-corrected chi connectivity index (χ4v) is 1.48. The lowest BCUT2D eigenvalue weighted by Crippen LogP contribution is -2.09. The number of hydrogen-bond acceptors (Lipinski definition) is 5. The Morgan fingerprint density at radius 3 is 2.85 bits per heavy atom. The van der Waals surface area contributed by atoms with Gasteiger partial charge in [-0.15, -0.1) is 0 Å². The maximum Gasteiger partial charge on any atom is 0.388 e. The van der Waals surface area contributed by atoms with Gasteiger partial charge in [0.2, 0.25) is 5.88 Å². The molecule has 2 heterocycles. The fraction of sp³-hybridized carbons (Fsp3) is 0.364. The third-order valence-electron chi connectivity index (χ3n) is 2.40. The van der Waals surface area contributed by atoms with E-state index in [1.165, 1.54) is 19.4 Å². The van der Waals surface area contributed by atoms with Gasteiger partial charge in [0.05, 0.1) is 12.4 Å². The third-order valence-corrected chi connectivity index (χ3v) is 2.40. The van der Waals surface area contributed by atoms with Crippen LogP contribution in [0.25, 0.3) is 0 Å². The molecular weight excluding hydrogens is 274 g/mol. The highest BCUT2D eigenvalue weighted by Gasteiger charge is 2.18. The Hall–Kier alpha value is -2.45. The minimum absolute atomic E-state index is 0.132. The molecule has 0 saturated carbocycles. The second kappa shape index (κ2) is 5.68. The van der Waals surface area contributed by atoms with Gasteiger partial charge in [0.1, 0.15) is 0 Å². The summed E-state index contributed by atoms with van der Waals surface area (Å²) in [6.07, 6.45) is 2.91. The van der Waals surface area contributed by atoms with Gasteiger partial charge in [0.15, 0.2) is 11.4 Å². The number of esters is 1. The summed E-state index contributed by atoms with van der Waals surface area (Å²) in [5.41, 5.74) is -0.132. The number of aromatic nitrogens is 4. The van der Waals surface area contributed by atoms with Gasteiger partial charge in [-0.3, -0.25) is 4.68 Å². The average molecular weight is 286 g/mol. The van der Waals surface area contributed by atoms with Crippen molar-refractivity contribution in [1.29, 1.82) is 0 Å². The van der Waals surface area contributed by atoms with Crippen LogP contribution in [0.5, 0.6) is 11.6 Å². The molecular formula is C11H12F2N4O3. The number of aryl methyl sites for hydroxylation is 2. The van der Waals surface area contributed by atoms with E-state index < -0.39 is 12.6 Å². The summed E-state index contributed by atoms with van der Waals surface area (Å²) in [7, 11) is 1.38. The molecule has 0 saturated heterocycles. The first-order chi connectivity index (χ1) is 9.49. The van der Waals surface area contributed by atoms with Crippen LogP contribution in [0.15, 0.2) is 18.5 Å². The van der Waals surface area contributed by atoms with Gasteiger partial charge in [0, 0.05) is 19.7 Å². The number of alkyl halides is 2. The van der Waals surface area contributed by atoms with Crippen molar-refractivity contribution in [2.24, 2.45) is 7.05 Å². The standard InChI is InChI=1S/C11H12F2N4O3/c1-3-17-6-7(5-14-17)19-10(18)8-4-9(16(2)15-8)20-11(12)13/h4-6,11H,3H2,1-2H3. The summed E-state index contributed by atoms with van der Waals surface area (Å²) in [6.45, 7) is -0.476. The molecule has 9 heteroatoms. The molecule has 2 aromatic rings. The van der Waals surface area contributed by atoms with Crippen molar-refractivity contribution in [3.63, 3.8) is 0 Å². The minimum atomic E-state index is -2.99. The van der Waals surface area contributed by atoms with Crippen molar-refractivity contribution < 1.29 is 23.0 Å². The Kier molecular flexibility index (Phi) is 3.97. The van der Waals surface area contributed by atoms with Gasteiger partial charge in [-0.25, -0.2) is 9.48 Å². The maximum atomic E-state index is 12.1. The third kappa shape index (κ3) is 3.11. The molecule has 2 aromatic heterocycles. The number of carbonyl (C=O) groups excluding carboxylic acids is 1. The number of carbonyl (C=O) groups is 1. The van der Waals surface area contributed by atoms with Gasteiger partial charge < -0.3 is 9.47 Å². The highest BCUT2D eigenvalue weighted by atomic mass is 19.3. The van der Waals surface area contributed by atoms with Crippen molar-refractivity contribution >= 4 is 5.97 Å². The quantitative estimate of drug-likeness (QED) is 0.778. The van der Waals surface area contributed by atoms with Crippen LogP contribution >= 0.6 is 0 Å². The molecule has 0 spiro atoms. The first-order valence-corrected chi connectivity index (χ1v) is 5.73. The summed E-state index contributed by atoms with van der Waals surface area (Å²) in [6, 6.07) is 1.08. The number of halogens is 2. The average Bonchev–Trinajstić information content (AvgIpc) is 2.96. The molecule has 0 aliphatic heterocycles. The van der Waals surface area contributed by atoms with E-state index in [1.807, 2.05) is 6.92 Å². The number of nitrogens with zero attached hydrogens (tertiary/aromatic N) is 4. The van der Waals surface area contributed by atoms with Crippen molar-refractivity contribution in [3.05, 3.63) is 24.2 Å². The number of rotatable bonds is 5. The predicted molar refractivity (Wildman–Crippen MR) is 62.7 cm³/mol. The molecule has 0 aliphatic rings. The lowest BCUT2D eigenvalue weighted by atomic mass is 10.4. The maximum absolute atomic E-state index is 12.1. The molecule has 0 aromatic carbocycles. The summed E-state index contributed by atoms with van der Waals surface area (Å²) in [5, 5.41) is 7.68. The van der Waals surface area contributed by atoms with E-state index in [9.17, 15) is 13.6 Å². The predicted octanol–water partition coefficient (Wildman–Crippen LogP) is 1.46. The number of ether oxygens (including phenoxy) is 2. The van der Waals surface area contributed by atoms with Crippen LogP contribution in [0, 0.1) is 0 Å². The second-order valence-corrected chi connectivity index (χ2v) is 3.79. The first-order valence-electron chi connectivity index (χ1n) is 5.73. The lowest BCUT2D eigenvalue weighted by molar-refractivity contribution is -0.0553. The van der Waals surface area contributed by atoms with Crippen LogP contribution in [0.3, 0.4) is 0 Å². The van der Waals surface area contributed by atoms with Crippen LogP contribution in [0.4, 0.5) is 8.78 Å². The minimum Gasteiger partial charge on any atom is -0.418 e. The zero-order valence-electron chi connectivity index (χ0n) is 10.8. The van der Waals surface area contributed by atoms with Crippen molar-refractivity contribution in [2.45, 2.75) is 20.1 Å². The van der Waals surface area contributed by atoms with E-state index in [-0.39, 0.29) is 17.3 Å². The molecule has 108 valence electrons. The van der Waals surface area contributed by atoms with Gasteiger partial charge in [-0.1, -0.05) is 0 Å². The van der Waals surface area contributed by atoms with Crippen molar-refractivity contribution in [3.8, 4) is 11.6 Å². The largest absolute Gasteiger partial charge is 0.418 e. The number of hydrogen-bond donors (Lipinski definition) is 0. The molecule has 20 heavy (non-hydrogen) atoms. The van der Waals surface area contributed by atoms with Crippen LogP contribution < -0.4 is 9.47 Å². The SMILES string of the molecule is CCn1cc(OC(=O)c2cc(OC(F)F)n(C)n2)cn1. The zero-order valence-corrected chi connectivity index (χ0v) is 10.8. The Labute approximate surface area is 112 Å². The molecule has 0 aliphatic carbocycles. The Bertz CT molecular complexity index is 609. The van der Waals surface area contributed by atoms with Gasteiger partial charge in [-0.05, 0) is 6.92 Å². The molecule has 7 nitrogen and oxygen atoms in total. The molecule has 0 bridgehead atoms. The van der Waals surface area contributed by atoms with Gasteiger partial charge in [-0.2, -0.15) is 19.0 Å². The summed E-state index contributed by atoms with van der Waals surface area (Å²) in [5.74, 6) is -0.754. The zero-order chi connectivity index (χ0) is 14.7. The first kappa shape index (κ1) is 14.0. The molecule has 2 rings (SSSR count). The summed E-state index contributed by atoms with van der Waals surface area (Å²) >= 11 is 0. The van der Waals surface area contributed by atoms with Gasteiger partial charge in [0.25, 0.3) is 0 Å². The molecule has 0 fully saturated rings.